The molecule has 1 heterocycles. The van der Waals surface area contributed by atoms with Crippen LogP contribution in [0.3, 0.4) is 0 Å². The Morgan fingerprint density at radius 3 is 2.81 bits per heavy atom. The number of hydrogen-bond donors (Lipinski definition) is 2. The average Bonchev–Trinajstić information content (AvgIpc) is 2.74. The topological polar surface area (TPSA) is 40.7 Å². The number of fused-ring (bicyclic) bond motifs is 1. The molecule has 0 aliphatic carbocycles. The van der Waals surface area contributed by atoms with E-state index in [1.807, 2.05) is 0 Å². The summed E-state index contributed by atoms with van der Waals surface area (Å²) in [5, 5.41) is 2.83. The Labute approximate surface area is 119 Å². The molecule has 0 fully saturated rings. The van der Waals surface area contributed by atoms with Crippen molar-refractivity contribution in [1.29, 1.82) is 0 Å². The van der Waals surface area contributed by atoms with E-state index in [1.54, 1.807) is 6.07 Å². The van der Waals surface area contributed by atoms with Crippen molar-refractivity contribution in [1.82, 2.24) is 15.3 Å². The van der Waals surface area contributed by atoms with Gasteiger partial charge >= 0.3 is 6.18 Å². The maximum atomic E-state index is 13.0. The van der Waals surface area contributed by atoms with Gasteiger partial charge in [0.2, 0.25) is 0 Å². The Morgan fingerprint density at radius 1 is 1.33 bits per heavy atom. The van der Waals surface area contributed by atoms with E-state index in [4.69, 9.17) is 0 Å². The molecule has 21 heavy (non-hydrogen) atoms. The second-order valence-electron chi connectivity index (χ2n) is 5.12. The maximum Gasteiger partial charge on any atom is 0.390 e. The molecule has 0 spiro atoms. The van der Waals surface area contributed by atoms with Gasteiger partial charge in [-0.25, -0.2) is 9.37 Å². The van der Waals surface area contributed by atoms with E-state index in [2.05, 4.69) is 15.3 Å². The van der Waals surface area contributed by atoms with Crippen LogP contribution in [-0.4, -0.2) is 28.7 Å². The molecule has 0 aliphatic rings. The van der Waals surface area contributed by atoms with Gasteiger partial charge in [0, 0.05) is 12.5 Å². The third kappa shape index (κ3) is 5.00. The second kappa shape index (κ2) is 6.43. The molecule has 7 heteroatoms. The summed E-state index contributed by atoms with van der Waals surface area (Å²) < 4.78 is 49.5. The van der Waals surface area contributed by atoms with E-state index in [0.717, 1.165) is 0 Å². The van der Waals surface area contributed by atoms with Gasteiger partial charge < -0.3 is 10.3 Å². The molecule has 0 aliphatic heterocycles. The lowest BCUT2D eigenvalue weighted by Crippen LogP contribution is -2.32. The summed E-state index contributed by atoms with van der Waals surface area (Å²) in [6, 6.07) is 3.70. The zero-order chi connectivity index (χ0) is 15.5. The molecule has 2 N–H and O–H groups in total. The van der Waals surface area contributed by atoms with Crippen LogP contribution in [0.2, 0.25) is 0 Å². The van der Waals surface area contributed by atoms with E-state index in [9.17, 15) is 17.6 Å². The van der Waals surface area contributed by atoms with Crippen molar-refractivity contribution < 1.29 is 17.6 Å². The predicted molar refractivity (Wildman–Crippen MR) is 72.5 cm³/mol. The van der Waals surface area contributed by atoms with Crippen LogP contribution in [0.25, 0.3) is 11.0 Å². The predicted octanol–water partition coefficient (Wildman–Crippen LogP) is 3.57. The summed E-state index contributed by atoms with van der Waals surface area (Å²) in [5.74, 6) is 0.376. The van der Waals surface area contributed by atoms with E-state index >= 15 is 0 Å². The first-order valence-corrected chi connectivity index (χ1v) is 6.78. The molecule has 0 amide bonds. The minimum Gasteiger partial charge on any atom is -0.342 e. The van der Waals surface area contributed by atoms with E-state index in [0.29, 0.717) is 36.2 Å². The van der Waals surface area contributed by atoms with Gasteiger partial charge in [-0.3, -0.25) is 0 Å². The van der Waals surface area contributed by atoms with Gasteiger partial charge in [0.05, 0.1) is 17.5 Å². The van der Waals surface area contributed by atoms with Crippen LogP contribution in [0.1, 0.15) is 25.6 Å². The van der Waals surface area contributed by atoms with E-state index < -0.39 is 18.6 Å². The highest BCUT2D eigenvalue weighted by Crippen LogP contribution is 2.21. The Morgan fingerprint density at radius 2 is 2.10 bits per heavy atom. The van der Waals surface area contributed by atoms with Crippen LogP contribution in [0.4, 0.5) is 17.6 Å². The third-order valence-electron chi connectivity index (χ3n) is 3.11. The molecule has 116 valence electrons. The number of benzene rings is 1. The fraction of sp³-hybridized carbons (Fsp3) is 0.500. The first-order valence-electron chi connectivity index (χ1n) is 6.78. The molecular formula is C14H17F4N3. The van der Waals surface area contributed by atoms with E-state index in [1.165, 1.54) is 19.1 Å². The van der Waals surface area contributed by atoms with Gasteiger partial charge in [0.15, 0.2) is 0 Å². The van der Waals surface area contributed by atoms with Gasteiger partial charge in [-0.2, -0.15) is 13.2 Å². The number of halogens is 4. The number of nitrogens with zero attached hydrogens (tertiary/aromatic N) is 1. The van der Waals surface area contributed by atoms with Crippen LogP contribution in [-0.2, 0) is 6.42 Å². The summed E-state index contributed by atoms with van der Waals surface area (Å²) in [4.78, 5) is 7.30. The number of aryl methyl sites for hydroxylation is 1. The molecule has 1 aromatic carbocycles. The van der Waals surface area contributed by atoms with E-state index in [-0.39, 0.29) is 5.82 Å². The molecule has 1 unspecified atom stereocenters. The lowest BCUT2D eigenvalue weighted by atomic mass is 10.2. The number of imidazole rings is 1. The van der Waals surface area contributed by atoms with Gasteiger partial charge in [-0.05, 0) is 38.1 Å². The van der Waals surface area contributed by atoms with Gasteiger partial charge in [0.25, 0.3) is 0 Å². The normalized spacial score (nSPS) is 13.8. The fourth-order valence-electron chi connectivity index (χ4n) is 2.18. The minimum absolute atomic E-state index is 0.333. The summed E-state index contributed by atoms with van der Waals surface area (Å²) >= 11 is 0. The molecule has 1 aromatic heterocycles. The zero-order valence-electron chi connectivity index (χ0n) is 11.6. The van der Waals surface area contributed by atoms with Crippen molar-refractivity contribution in [2.75, 3.05) is 6.54 Å². The summed E-state index contributed by atoms with van der Waals surface area (Å²) in [6.45, 7) is 1.99. The lowest BCUT2D eigenvalue weighted by molar-refractivity contribution is -0.139. The van der Waals surface area contributed by atoms with Crippen LogP contribution in [0.5, 0.6) is 0 Å². The molecule has 3 nitrogen and oxygen atoms in total. The SMILES string of the molecule is CC(CC(F)(F)F)NCCCc1nc2ccc(F)cc2[nH]1. The van der Waals surface area contributed by atoms with Crippen molar-refractivity contribution in [3.8, 4) is 0 Å². The lowest BCUT2D eigenvalue weighted by Gasteiger charge is -2.15. The molecule has 2 aromatic rings. The first kappa shape index (κ1) is 15.8. The first-order chi connectivity index (χ1) is 9.83. The fourth-order valence-corrected chi connectivity index (χ4v) is 2.18. The quantitative estimate of drug-likeness (QED) is 0.633. The number of alkyl halides is 3. The number of aromatic amines is 1. The highest BCUT2D eigenvalue weighted by atomic mass is 19.4. The highest BCUT2D eigenvalue weighted by molar-refractivity contribution is 5.74. The Balaban J connectivity index is 1.77. The van der Waals surface area contributed by atoms with Crippen LogP contribution < -0.4 is 5.32 Å². The summed E-state index contributed by atoms with van der Waals surface area (Å²) in [5.41, 5.74) is 1.31. The Bertz CT molecular complexity index is 591. The molecular weight excluding hydrogens is 286 g/mol. The van der Waals surface area contributed by atoms with Crippen molar-refractivity contribution >= 4 is 11.0 Å². The molecule has 0 saturated carbocycles. The third-order valence-corrected chi connectivity index (χ3v) is 3.11. The Hall–Kier alpha value is -1.63. The summed E-state index contributed by atoms with van der Waals surface area (Å²) in [6.07, 6.45) is -3.72. The summed E-state index contributed by atoms with van der Waals surface area (Å²) in [7, 11) is 0. The number of rotatable bonds is 6. The van der Waals surface area contributed by atoms with Crippen molar-refractivity contribution in [3.63, 3.8) is 0 Å². The molecule has 0 radical (unpaired) electrons. The Kier molecular flexibility index (Phi) is 4.82. The number of nitrogens with one attached hydrogen (secondary N) is 2. The van der Waals surface area contributed by atoms with Gasteiger partial charge in [-0.15, -0.1) is 0 Å². The number of H-pyrrole nitrogens is 1. The second-order valence-corrected chi connectivity index (χ2v) is 5.12. The smallest absolute Gasteiger partial charge is 0.342 e. The maximum absolute atomic E-state index is 13.0. The molecule has 0 saturated heterocycles. The van der Waals surface area contributed by atoms with Gasteiger partial charge in [0.1, 0.15) is 11.6 Å². The van der Waals surface area contributed by atoms with Crippen molar-refractivity contribution in [2.24, 2.45) is 0 Å². The van der Waals surface area contributed by atoms with Crippen molar-refractivity contribution in [3.05, 3.63) is 29.8 Å². The molecule has 0 bridgehead atoms. The average molecular weight is 303 g/mol. The molecule has 1 atom stereocenters. The highest BCUT2D eigenvalue weighted by Gasteiger charge is 2.29. The van der Waals surface area contributed by atoms with Crippen molar-refractivity contribution in [2.45, 2.75) is 38.4 Å². The van der Waals surface area contributed by atoms with Crippen LogP contribution in [0, 0.1) is 5.82 Å². The monoisotopic (exact) mass is 303 g/mol. The van der Waals surface area contributed by atoms with Gasteiger partial charge in [-0.1, -0.05) is 0 Å². The van der Waals surface area contributed by atoms with Crippen LogP contribution >= 0.6 is 0 Å². The molecule has 2 rings (SSSR count). The minimum atomic E-state index is -4.14. The zero-order valence-corrected chi connectivity index (χ0v) is 11.6. The van der Waals surface area contributed by atoms with Crippen LogP contribution in [0.15, 0.2) is 18.2 Å². The largest absolute Gasteiger partial charge is 0.390 e. The number of hydrogen-bond acceptors (Lipinski definition) is 2. The number of aromatic nitrogens is 2. The standard InChI is InChI=1S/C14H17F4N3/c1-9(8-14(16,17)18)19-6-2-3-13-20-11-5-4-10(15)7-12(11)21-13/h4-5,7,9,19H,2-3,6,8H2,1H3,(H,20,21).